The fourth-order valence-corrected chi connectivity index (χ4v) is 2.45. The molecule has 2 atom stereocenters. The van der Waals surface area contributed by atoms with Crippen molar-refractivity contribution in [3.8, 4) is 5.75 Å². The lowest BCUT2D eigenvalue weighted by atomic mass is 10.2. The Labute approximate surface area is 82.6 Å². The van der Waals surface area contributed by atoms with Crippen molar-refractivity contribution in [3.05, 3.63) is 18.5 Å². The summed E-state index contributed by atoms with van der Waals surface area (Å²) in [5.74, 6) is 0.248. The standard InChI is InChI=1S/C10H13N3O/c14-10-2-9(3-11-5-10)13-6-7-1-8(13)4-12-7/h2-3,5,7-8,12,14H,1,4,6H2/t7-,8-/m0/s1. The van der Waals surface area contributed by atoms with Gasteiger partial charge < -0.3 is 15.3 Å². The molecule has 0 amide bonds. The molecule has 0 spiro atoms. The van der Waals surface area contributed by atoms with E-state index in [4.69, 9.17) is 0 Å². The molecule has 0 unspecified atom stereocenters. The molecule has 2 fully saturated rings. The molecule has 4 nitrogen and oxygen atoms in total. The normalized spacial score (nSPS) is 29.9. The third kappa shape index (κ3) is 1.14. The van der Waals surface area contributed by atoms with Crippen molar-refractivity contribution < 1.29 is 5.11 Å². The average Bonchev–Trinajstić information content (AvgIpc) is 2.78. The molecule has 1 aromatic heterocycles. The zero-order valence-electron chi connectivity index (χ0n) is 7.85. The number of anilines is 1. The van der Waals surface area contributed by atoms with Gasteiger partial charge in [0.25, 0.3) is 0 Å². The number of rotatable bonds is 1. The average molecular weight is 191 g/mol. The second-order valence-corrected chi connectivity index (χ2v) is 4.05. The lowest BCUT2D eigenvalue weighted by Gasteiger charge is -2.29. The predicted octanol–water partition coefficient (Wildman–Crippen LogP) is 0.338. The van der Waals surface area contributed by atoms with E-state index in [0.717, 1.165) is 18.8 Å². The van der Waals surface area contributed by atoms with Crippen LogP contribution in [0.3, 0.4) is 0 Å². The van der Waals surface area contributed by atoms with Crippen molar-refractivity contribution in [2.24, 2.45) is 0 Å². The molecule has 2 bridgehead atoms. The molecule has 0 saturated carbocycles. The number of piperazine rings is 1. The summed E-state index contributed by atoms with van der Waals surface area (Å²) in [7, 11) is 0. The van der Waals surface area contributed by atoms with Gasteiger partial charge in [-0.25, -0.2) is 0 Å². The van der Waals surface area contributed by atoms with E-state index in [0.29, 0.717) is 12.1 Å². The smallest absolute Gasteiger partial charge is 0.135 e. The van der Waals surface area contributed by atoms with E-state index in [2.05, 4.69) is 15.2 Å². The van der Waals surface area contributed by atoms with Gasteiger partial charge in [-0.2, -0.15) is 0 Å². The van der Waals surface area contributed by atoms with Crippen LogP contribution in [0, 0.1) is 0 Å². The molecule has 3 heterocycles. The molecule has 14 heavy (non-hydrogen) atoms. The fourth-order valence-electron chi connectivity index (χ4n) is 2.45. The van der Waals surface area contributed by atoms with Crippen LogP contribution in [-0.2, 0) is 0 Å². The summed E-state index contributed by atoms with van der Waals surface area (Å²) in [6.45, 7) is 2.09. The van der Waals surface area contributed by atoms with E-state index < -0.39 is 0 Å². The first-order valence-electron chi connectivity index (χ1n) is 4.97. The Morgan fingerprint density at radius 3 is 3.07 bits per heavy atom. The molecule has 3 rings (SSSR count). The zero-order valence-corrected chi connectivity index (χ0v) is 7.85. The minimum Gasteiger partial charge on any atom is -0.506 e. The Bertz CT molecular complexity index is 355. The van der Waals surface area contributed by atoms with E-state index in [1.807, 2.05) is 6.20 Å². The molecule has 0 aliphatic carbocycles. The lowest BCUT2D eigenvalue weighted by molar-refractivity contribution is 0.472. The molecule has 2 N–H and O–H groups in total. The molecule has 2 saturated heterocycles. The zero-order chi connectivity index (χ0) is 9.54. The first-order chi connectivity index (χ1) is 6.83. The van der Waals surface area contributed by atoms with E-state index in [1.54, 1.807) is 6.07 Å². The van der Waals surface area contributed by atoms with Gasteiger partial charge in [-0.1, -0.05) is 0 Å². The number of pyridine rings is 1. The van der Waals surface area contributed by atoms with Crippen LogP contribution in [0.2, 0.25) is 0 Å². The SMILES string of the molecule is Oc1cncc(N2C[C@@H]3C[C@H]2CN3)c1. The summed E-state index contributed by atoms with van der Waals surface area (Å²) >= 11 is 0. The highest BCUT2D eigenvalue weighted by atomic mass is 16.3. The molecule has 4 heteroatoms. The summed E-state index contributed by atoms with van der Waals surface area (Å²) in [4.78, 5) is 6.33. The van der Waals surface area contributed by atoms with Crippen molar-refractivity contribution in [1.29, 1.82) is 0 Å². The minimum atomic E-state index is 0.248. The maximum Gasteiger partial charge on any atom is 0.135 e. The monoisotopic (exact) mass is 191 g/mol. The Kier molecular flexibility index (Phi) is 1.64. The van der Waals surface area contributed by atoms with Crippen molar-refractivity contribution >= 4 is 5.69 Å². The second kappa shape index (κ2) is 2.85. The van der Waals surface area contributed by atoms with Gasteiger partial charge in [-0.05, 0) is 6.42 Å². The summed E-state index contributed by atoms with van der Waals surface area (Å²) in [6, 6.07) is 3.00. The molecular weight excluding hydrogens is 178 g/mol. The van der Waals surface area contributed by atoms with Crippen LogP contribution < -0.4 is 10.2 Å². The Morgan fingerprint density at radius 2 is 2.43 bits per heavy atom. The van der Waals surface area contributed by atoms with E-state index in [9.17, 15) is 5.11 Å². The highest BCUT2D eigenvalue weighted by Crippen LogP contribution is 2.30. The quantitative estimate of drug-likeness (QED) is 0.672. The topological polar surface area (TPSA) is 48.4 Å². The largest absolute Gasteiger partial charge is 0.506 e. The third-order valence-corrected chi connectivity index (χ3v) is 3.10. The Balaban J connectivity index is 1.89. The van der Waals surface area contributed by atoms with Gasteiger partial charge >= 0.3 is 0 Å². The maximum absolute atomic E-state index is 9.34. The molecule has 2 aliphatic rings. The predicted molar refractivity (Wildman–Crippen MR) is 53.4 cm³/mol. The number of nitrogens with one attached hydrogen (secondary N) is 1. The van der Waals surface area contributed by atoms with E-state index in [1.165, 1.54) is 12.6 Å². The number of aromatic hydroxyl groups is 1. The highest BCUT2D eigenvalue weighted by molar-refractivity contribution is 5.51. The van der Waals surface area contributed by atoms with E-state index in [-0.39, 0.29) is 5.75 Å². The molecule has 0 radical (unpaired) electrons. The van der Waals surface area contributed by atoms with Crippen LogP contribution in [-0.4, -0.2) is 35.3 Å². The number of fused-ring (bicyclic) bond motifs is 2. The Hall–Kier alpha value is -1.29. The van der Waals surface area contributed by atoms with Crippen molar-refractivity contribution in [2.75, 3.05) is 18.0 Å². The molecule has 74 valence electrons. The van der Waals surface area contributed by atoms with Crippen molar-refractivity contribution in [3.63, 3.8) is 0 Å². The first kappa shape index (κ1) is 8.05. The van der Waals surface area contributed by atoms with Crippen LogP contribution in [0.15, 0.2) is 18.5 Å². The van der Waals surface area contributed by atoms with Gasteiger partial charge in [0, 0.05) is 31.2 Å². The highest BCUT2D eigenvalue weighted by Gasteiger charge is 2.37. The first-order valence-corrected chi connectivity index (χ1v) is 4.97. The lowest BCUT2D eigenvalue weighted by Crippen LogP contribution is -2.43. The summed E-state index contributed by atoms with van der Waals surface area (Å²) in [5.41, 5.74) is 1.04. The van der Waals surface area contributed by atoms with Gasteiger partial charge in [0.05, 0.1) is 18.1 Å². The summed E-state index contributed by atoms with van der Waals surface area (Å²) in [6.07, 6.45) is 4.51. The van der Waals surface area contributed by atoms with Crippen LogP contribution in [0.25, 0.3) is 0 Å². The fraction of sp³-hybridized carbons (Fsp3) is 0.500. The minimum absolute atomic E-state index is 0.248. The van der Waals surface area contributed by atoms with Crippen LogP contribution in [0.5, 0.6) is 5.75 Å². The number of nitrogens with zero attached hydrogens (tertiary/aromatic N) is 2. The number of hydrogen-bond acceptors (Lipinski definition) is 4. The second-order valence-electron chi connectivity index (χ2n) is 4.05. The van der Waals surface area contributed by atoms with Gasteiger partial charge in [-0.15, -0.1) is 0 Å². The van der Waals surface area contributed by atoms with E-state index >= 15 is 0 Å². The number of aromatic nitrogens is 1. The summed E-state index contributed by atoms with van der Waals surface area (Å²) < 4.78 is 0. The Morgan fingerprint density at radius 1 is 1.50 bits per heavy atom. The molecule has 2 aliphatic heterocycles. The molecule has 1 aromatic rings. The van der Waals surface area contributed by atoms with Crippen LogP contribution in [0.4, 0.5) is 5.69 Å². The number of hydrogen-bond donors (Lipinski definition) is 2. The van der Waals surface area contributed by atoms with Crippen molar-refractivity contribution in [1.82, 2.24) is 10.3 Å². The van der Waals surface area contributed by atoms with Gasteiger partial charge in [0.1, 0.15) is 5.75 Å². The summed E-state index contributed by atoms with van der Waals surface area (Å²) in [5, 5.41) is 12.8. The van der Waals surface area contributed by atoms with Crippen LogP contribution >= 0.6 is 0 Å². The van der Waals surface area contributed by atoms with Crippen molar-refractivity contribution in [2.45, 2.75) is 18.5 Å². The molecule has 0 aromatic carbocycles. The van der Waals surface area contributed by atoms with Gasteiger partial charge in [-0.3, -0.25) is 4.98 Å². The maximum atomic E-state index is 9.34. The molecular formula is C10H13N3O. The van der Waals surface area contributed by atoms with Crippen LogP contribution in [0.1, 0.15) is 6.42 Å². The van der Waals surface area contributed by atoms with Gasteiger partial charge in [0.15, 0.2) is 0 Å². The third-order valence-electron chi connectivity index (χ3n) is 3.10. The van der Waals surface area contributed by atoms with Gasteiger partial charge in [0.2, 0.25) is 0 Å².